The number of amides is 1. The number of hydrogen-bond acceptors (Lipinski definition) is 5. The van der Waals surface area contributed by atoms with Crippen LogP contribution in [0.15, 0.2) is 54.9 Å². The molecule has 1 amide bonds. The molecule has 0 spiro atoms. The van der Waals surface area contributed by atoms with Gasteiger partial charge in [0.15, 0.2) is 5.60 Å². The van der Waals surface area contributed by atoms with Crippen molar-refractivity contribution < 1.29 is 19.1 Å². The molecular formula is C22H26N2O4. The molecule has 1 aromatic carbocycles. The summed E-state index contributed by atoms with van der Waals surface area (Å²) >= 11 is 0. The number of benzene rings is 1. The summed E-state index contributed by atoms with van der Waals surface area (Å²) in [6, 6.07) is 11.1. The molecule has 0 fully saturated rings. The summed E-state index contributed by atoms with van der Waals surface area (Å²) in [6.45, 7) is 5.90. The maximum absolute atomic E-state index is 12.0. The van der Waals surface area contributed by atoms with Gasteiger partial charge >= 0.3 is 5.97 Å². The first kappa shape index (κ1) is 21.2. The van der Waals surface area contributed by atoms with E-state index in [0.29, 0.717) is 25.3 Å². The SMILES string of the molecule is CCOC(=O)C(C)(C)Oc1cccc(CCNC(=O)/C=C/c2cccnc2)c1. The second-order valence-corrected chi connectivity index (χ2v) is 6.64. The minimum absolute atomic E-state index is 0.167. The standard InChI is InChI=1S/C22H26N2O4/c1-4-27-21(26)22(2,3)28-19-9-5-7-17(15-19)12-14-24-20(25)11-10-18-8-6-13-23-16-18/h5-11,13,15-16H,4,12,14H2,1-3H3,(H,24,25)/b11-10+. The second-order valence-electron chi connectivity index (χ2n) is 6.64. The Hall–Kier alpha value is -3.15. The van der Waals surface area contributed by atoms with Crippen LogP contribution < -0.4 is 10.1 Å². The summed E-state index contributed by atoms with van der Waals surface area (Å²) < 4.78 is 10.8. The Balaban J connectivity index is 1.85. The van der Waals surface area contributed by atoms with Gasteiger partial charge in [-0.15, -0.1) is 0 Å². The third-order valence-corrected chi connectivity index (χ3v) is 3.86. The summed E-state index contributed by atoms with van der Waals surface area (Å²) in [5.41, 5.74) is 0.792. The largest absolute Gasteiger partial charge is 0.476 e. The van der Waals surface area contributed by atoms with Gasteiger partial charge in [-0.05, 0) is 62.6 Å². The van der Waals surface area contributed by atoms with Gasteiger partial charge in [0.2, 0.25) is 5.91 Å². The molecule has 0 aliphatic heterocycles. The highest BCUT2D eigenvalue weighted by atomic mass is 16.6. The Morgan fingerprint density at radius 1 is 1.21 bits per heavy atom. The van der Waals surface area contributed by atoms with Crippen LogP contribution in [0, 0.1) is 0 Å². The Bertz CT molecular complexity index is 816. The summed E-state index contributed by atoms with van der Waals surface area (Å²) in [4.78, 5) is 27.9. The molecule has 6 nitrogen and oxygen atoms in total. The van der Waals surface area contributed by atoms with Gasteiger partial charge in [-0.1, -0.05) is 18.2 Å². The molecular weight excluding hydrogens is 356 g/mol. The zero-order valence-electron chi connectivity index (χ0n) is 16.5. The molecule has 6 heteroatoms. The van der Waals surface area contributed by atoms with Crippen LogP contribution in [0.4, 0.5) is 0 Å². The highest BCUT2D eigenvalue weighted by molar-refractivity contribution is 5.91. The average Bonchev–Trinajstić information content (AvgIpc) is 2.67. The highest BCUT2D eigenvalue weighted by Gasteiger charge is 2.31. The Labute approximate surface area is 165 Å². The first-order valence-corrected chi connectivity index (χ1v) is 9.22. The summed E-state index contributed by atoms with van der Waals surface area (Å²) in [5, 5.41) is 2.84. The molecule has 0 aliphatic carbocycles. The highest BCUT2D eigenvalue weighted by Crippen LogP contribution is 2.21. The topological polar surface area (TPSA) is 77.5 Å². The van der Waals surface area contributed by atoms with E-state index >= 15 is 0 Å². The number of nitrogens with one attached hydrogen (secondary N) is 1. The fraction of sp³-hybridized carbons (Fsp3) is 0.318. The molecule has 0 atom stereocenters. The molecule has 0 bridgehead atoms. The number of carbonyl (C=O) groups is 2. The Morgan fingerprint density at radius 2 is 2.04 bits per heavy atom. The normalized spacial score (nSPS) is 11.2. The zero-order valence-corrected chi connectivity index (χ0v) is 16.5. The molecule has 2 aromatic rings. The second kappa shape index (κ2) is 10.3. The van der Waals surface area contributed by atoms with Crippen molar-refractivity contribution in [3.05, 3.63) is 66.0 Å². The number of hydrogen-bond donors (Lipinski definition) is 1. The molecule has 1 aromatic heterocycles. The summed E-state index contributed by atoms with van der Waals surface area (Å²) in [6.07, 6.45) is 7.21. The van der Waals surface area contributed by atoms with Crippen molar-refractivity contribution in [3.63, 3.8) is 0 Å². The maximum Gasteiger partial charge on any atom is 0.349 e. The van der Waals surface area contributed by atoms with Crippen molar-refractivity contribution in [2.75, 3.05) is 13.2 Å². The summed E-state index contributed by atoms with van der Waals surface area (Å²) in [7, 11) is 0. The quantitative estimate of drug-likeness (QED) is 0.532. The van der Waals surface area contributed by atoms with Crippen LogP contribution in [0.2, 0.25) is 0 Å². The molecule has 28 heavy (non-hydrogen) atoms. The van der Waals surface area contributed by atoms with E-state index in [1.54, 1.807) is 45.3 Å². The lowest BCUT2D eigenvalue weighted by Crippen LogP contribution is -2.39. The monoisotopic (exact) mass is 382 g/mol. The third kappa shape index (κ3) is 6.87. The van der Waals surface area contributed by atoms with E-state index in [4.69, 9.17) is 9.47 Å². The summed E-state index contributed by atoms with van der Waals surface area (Å²) in [5.74, 6) is 0.00567. The zero-order chi connectivity index (χ0) is 20.4. The molecule has 0 aliphatic rings. The van der Waals surface area contributed by atoms with Crippen LogP contribution >= 0.6 is 0 Å². The van der Waals surface area contributed by atoms with Crippen LogP contribution in [0.5, 0.6) is 5.75 Å². The van der Waals surface area contributed by atoms with Crippen LogP contribution in [0.3, 0.4) is 0 Å². The number of carbonyl (C=O) groups excluding carboxylic acids is 2. The molecule has 1 heterocycles. The molecule has 0 radical (unpaired) electrons. The van der Waals surface area contributed by atoms with Gasteiger partial charge in [-0.25, -0.2) is 4.79 Å². The predicted molar refractivity (Wildman–Crippen MR) is 108 cm³/mol. The van der Waals surface area contributed by atoms with E-state index in [1.807, 2.05) is 30.3 Å². The predicted octanol–water partition coefficient (Wildman–Crippen LogP) is 3.17. The van der Waals surface area contributed by atoms with Gasteiger partial charge < -0.3 is 14.8 Å². The van der Waals surface area contributed by atoms with Crippen molar-refractivity contribution in [2.45, 2.75) is 32.8 Å². The average molecular weight is 382 g/mol. The van der Waals surface area contributed by atoms with E-state index in [1.165, 1.54) is 6.08 Å². The number of esters is 1. The first-order valence-electron chi connectivity index (χ1n) is 9.22. The van der Waals surface area contributed by atoms with Gasteiger partial charge in [0.1, 0.15) is 5.75 Å². The number of aromatic nitrogens is 1. The van der Waals surface area contributed by atoms with Gasteiger partial charge in [0.05, 0.1) is 6.61 Å². The lowest BCUT2D eigenvalue weighted by molar-refractivity contribution is -0.158. The Morgan fingerprint density at radius 3 is 2.75 bits per heavy atom. The fourth-order valence-corrected chi connectivity index (χ4v) is 2.44. The minimum Gasteiger partial charge on any atom is -0.476 e. The number of rotatable bonds is 9. The van der Waals surface area contributed by atoms with E-state index in [9.17, 15) is 9.59 Å². The maximum atomic E-state index is 12.0. The molecule has 0 saturated heterocycles. The van der Waals surface area contributed by atoms with Crippen LogP contribution in [0.25, 0.3) is 6.08 Å². The molecule has 0 unspecified atom stereocenters. The van der Waals surface area contributed by atoms with Gasteiger partial charge in [0, 0.05) is 25.0 Å². The number of pyridine rings is 1. The van der Waals surface area contributed by atoms with Gasteiger partial charge in [-0.3, -0.25) is 9.78 Å². The lowest BCUT2D eigenvalue weighted by atomic mass is 10.1. The number of nitrogens with zero attached hydrogens (tertiary/aromatic N) is 1. The fourth-order valence-electron chi connectivity index (χ4n) is 2.44. The van der Waals surface area contributed by atoms with E-state index in [2.05, 4.69) is 10.3 Å². The first-order chi connectivity index (χ1) is 13.4. The van der Waals surface area contributed by atoms with Crippen molar-refractivity contribution >= 4 is 18.0 Å². The number of ether oxygens (including phenoxy) is 2. The minimum atomic E-state index is -1.07. The van der Waals surface area contributed by atoms with E-state index in [-0.39, 0.29) is 5.91 Å². The Kier molecular flexibility index (Phi) is 7.75. The van der Waals surface area contributed by atoms with Gasteiger partial charge in [-0.2, -0.15) is 0 Å². The molecule has 2 rings (SSSR count). The smallest absolute Gasteiger partial charge is 0.349 e. The van der Waals surface area contributed by atoms with Gasteiger partial charge in [0.25, 0.3) is 0 Å². The lowest BCUT2D eigenvalue weighted by Gasteiger charge is -2.24. The van der Waals surface area contributed by atoms with Crippen LogP contribution in [-0.2, 0) is 20.7 Å². The van der Waals surface area contributed by atoms with Crippen molar-refractivity contribution in [1.29, 1.82) is 0 Å². The van der Waals surface area contributed by atoms with Crippen molar-refractivity contribution in [2.24, 2.45) is 0 Å². The van der Waals surface area contributed by atoms with E-state index < -0.39 is 11.6 Å². The molecule has 1 N–H and O–H groups in total. The third-order valence-electron chi connectivity index (χ3n) is 3.86. The molecule has 148 valence electrons. The molecule has 0 saturated carbocycles. The van der Waals surface area contributed by atoms with E-state index in [0.717, 1.165) is 11.1 Å². The van der Waals surface area contributed by atoms with Crippen LogP contribution in [-0.4, -0.2) is 35.6 Å². The van der Waals surface area contributed by atoms with Crippen molar-refractivity contribution in [1.82, 2.24) is 10.3 Å². The van der Waals surface area contributed by atoms with Crippen LogP contribution in [0.1, 0.15) is 31.9 Å². The van der Waals surface area contributed by atoms with Crippen molar-refractivity contribution in [3.8, 4) is 5.75 Å².